The molecule has 0 saturated heterocycles. The molecule has 3 aromatic carbocycles. The molecule has 29 heavy (non-hydrogen) atoms. The van der Waals surface area contributed by atoms with Crippen LogP contribution < -0.4 is 9.30 Å². The SMILES string of the molecule is Cc1cc(Br)cc(C)c1OC(=O)c1cc(-c2ccccc2)[n+](C)c2ccccc12. The fraction of sp³-hybridized carbons (Fsp3) is 0.120. The summed E-state index contributed by atoms with van der Waals surface area (Å²) >= 11 is 3.49. The summed E-state index contributed by atoms with van der Waals surface area (Å²) in [5.41, 5.74) is 5.37. The number of hydrogen-bond acceptors (Lipinski definition) is 2. The second-order valence-electron chi connectivity index (χ2n) is 7.14. The number of ether oxygens (including phenoxy) is 1. The van der Waals surface area contributed by atoms with Crippen LogP contribution in [-0.4, -0.2) is 5.97 Å². The molecule has 0 bridgehead atoms. The van der Waals surface area contributed by atoms with Gasteiger partial charge in [0.25, 0.3) is 0 Å². The minimum atomic E-state index is -0.354. The van der Waals surface area contributed by atoms with Crippen LogP contribution in [0.3, 0.4) is 0 Å². The first-order valence-corrected chi connectivity index (χ1v) is 10.2. The van der Waals surface area contributed by atoms with Crippen LogP contribution in [0.15, 0.2) is 77.3 Å². The third-order valence-electron chi connectivity index (χ3n) is 5.11. The summed E-state index contributed by atoms with van der Waals surface area (Å²) in [4.78, 5) is 13.3. The van der Waals surface area contributed by atoms with Crippen LogP contribution in [0.4, 0.5) is 0 Å². The van der Waals surface area contributed by atoms with E-state index in [1.807, 2.05) is 93.7 Å². The van der Waals surface area contributed by atoms with Gasteiger partial charge in [0.1, 0.15) is 12.8 Å². The molecule has 0 saturated carbocycles. The smallest absolute Gasteiger partial charge is 0.344 e. The van der Waals surface area contributed by atoms with Crippen LogP contribution >= 0.6 is 15.9 Å². The molecule has 0 radical (unpaired) electrons. The Morgan fingerprint density at radius 3 is 2.21 bits per heavy atom. The Balaban J connectivity index is 1.87. The van der Waals surface area contributed by atoms with Gasteiger partial charge in [-0.15, -0.1) is 0 Å². The number of esters is 1. The highest BCUT2D eigenvalue weighted by Gasteiger charge is 2.23. The van der Waals surface area contributed by atoms with Crippen molar-refractivity contribution >= 4 is 32.8 Å². The molecule has 0 spiro atoms. The summed E-state index contributed by atoms with van der Waals surface area (Å²) in [6.07, 6.45) is 0. The van der Waals surface area contributed by atoms with Crippen molar-refractivity contribution in [2.24, 2.45) is 7.05 Å². The second-order valence-corrected chi connectivity index (χ2v) is 8.06. The van der Waals surface area contributed by atoms with Crippen LogP contribution in [0.2, 0.25) is 0 Å². The summed E-state index contributed by atoms with van der Waals surface area (Å²) < 4.78 is 8.96. The van der Waals surface area contributed by atoms with Crippen molar-refractivity contribution in [2.45, 2.75) is 13.8 Å². The van der Waals surface area contributed by atoms with E-state index in [2.05, 4.69) is 20.5 Å². The molecule has 4 heteroatoms. The molecule has 4 rings (SSSR count). The van der Waals surface area contributed by atoms with Gasteiger partial charge < -0.3 is 4.74 Å². The molecular weight excluding hydrogens is 426 g/mol. The molecule has 0 amide bonds. The lowest BCUT2D eigenvalue weighted by molar-refractivity contribution is -0.633. The topological polar surface area (TPSA) is 30.2 Å². The quantitative estimate of drug-likeness (QED) is 0.221. The Bertz CT molecular complexity index is 1210. The Hall–Kier alpha value is -2.98. The second kappa shape index (κ2) is 7.80. The number of aromatic nitrogens is 1. The lowest BCUT2D eigenvalue weighted by atomic mass is 10.0. The molecule has 0 atom stereocenters. The van der Waals surface area contributed by atoms with E-state index in [1.54, 1.807) is 0 Å². The van der Waals surface area contributed by atoms with Crippen molar-refractivity contribution in [3.05, 3.63) is 94.0 Å². The minimum Gasteiger partial charge on any atom is -0.422 e. The normalized spacial score (nSPS) is 10.9. The first-order valence-electron chi connectivity index (χ1n) is 9.42. The molecule has 1 heterocycles. The lowest BCUT2D eigenvalue weighted by Crippen LogP contribution is -2.33. The van der Waals surface area contributed by atoms with Crippen LogP contribution in [0.1, 0.15) is 21.5 Å². The number of carbonyl (C=O) groups excluding carboxylic acids is 1. The summed E-state index contributed by atoms with van der Waals surface area (Å²) in [5.74, 6) is 0.254. The molecule has 3 nitrogen and oxygen atoms in total. The average Bonchev–Trinajstić information content (AvgIpc) is 2.71. The first-order chi connectivity index (χ1) is 14.0. The third kappa shape index (κ3) is 3.68. The maximum Gasteiger partial charge on any atom is 0.344 e. The van der Waals surface area contributed by atoms with E-state index in [0.29, 0.717) is 11.3 Å². The van der Waals surface area contributed by atoms with Gasteiger partial charge in [0.15, 0.2) is 0 Å². The van der Waals surface area contributed by atoms with Crippen molar-refractivity contribution in [3.63, 3.8) is 0 Å². The molecule has 0 aliphatic carbocycles. The Morgan fingerprint density at radius 2 is 1.52 bits per heavy atom. The maximum absolute atomic E-state index is 13.3. The number of benzene rings is 3. The Kier molecular flexibility index (Phi) is 5.20. The predicted octanol–water partition coefficient (Wildman–Crippen LogP) is 5.93. The van der Waals surface area contributed by atoms with E-state index in [9.17, 15) is 4.79 Å². The van der Waals surface area contributed by atoms with Crippen molar-refractivity contribution in [3.8, 4) is 17.0 Å². The van der Waals surface area contributed by atoms with Crippen molar-refractivity contribution in [1.82, 2.24) is 0 Å². The van der Waals surface area contributed by atoms with Gasteiger partial charge >= 0.3 is 5.97 Å². The molecule has 0 aliphatic heterocycles. The number of carbonyl (C=O) groups is 1. The fourth-order valence-corrected chi connectivity index (χ4v) is 4.38. The van der Waals surface area contributed by atoms with Crippen LogP contribution in [0, 0.1) is 13.8 Å². The molecule has 144 valence electrons. The fourth-order valence-electron chi connectivity index (χ4n) is 3.70. The number of pyridine rings is 1. The van der Waals surface area contributed by atoms with Gasteiger partial charge in [-0.05, 0) is 55.3 Å². The summed E-state index contributed by atoms with van der Waals surface area (Å²) in [6.45, 7) is 3.89. The average molecular weight is 447 g/mol. The summed E-state index contributed by atoms with van der Waals surface area (Å²) in [6, 6.07) is 23.8. The third-order valence-corrected chi connectivity index (χ3v) is 5.57. The number of hydrogen-bond donors (Lipinski definition) is 0. The number of aryl methyl sites for hydroxylation is 3. The van der Waals surface area contributed by atoms with Crippen molar-refractivity contribution in [2.75, 3.05) is 0 Å². The highest BCUT2D eigenvalue weighted by atomic mass is 79.9. The molecule has 0 unspecified atom stereocenters. The number of halogens is 1. The molecular formula is C25H21BrNO2+. The van der Waals surface area contributed by atoms with Gasteiger partial charge in [0.05, 0.1) is 10.9 Å². The Morgan fingerprint density at radius 1 is 0.897 bits per heavy atom. The van der Waals surface area contributed by atoms with Gasteiger partial charge in [-0.3, -0.25) is 0 Å². The monoisotopic (exact) mass is 446 g/mol. The van der Waals surface area contributed by atoms with Gasteiger partial charge in [0, 0.05) is 22.2 Å². The zero-order valence-corrected chi connectivity index (χ0v) is 18.2. The Labute approximate surface area is 178 Å². The van der Waals surface area contributed by atoms with Gasteiger partial charge in [0.2, 0.25) is 11.2 Å². The summed E-state index contributed by atoms with van der Waals surface area (Å²) in [5, 5.41) is 0.868. The number of nitrogens with zero attached hydrogens (tertiary/aromatic N) is 1. The van der Waals surface area contributed by atoms with E-state index in [4.69, 9.17) is 4.74 Å². The van der Waals surface area contributed by atoms with Gasteiger partial charge in [-0.2, -0.15) is 4.57 Å². The predicted molar refractivity (Wildman–Crippen MR) is 119 cm³/mol. The molecule has 0 aliphatic rings. The lowest BCUT2D eigenvalue weighted by Gasteiger charge is -2.13. The maximum atomic E-state index is 13.3. The van der Waals surface area contributed by atoms with E-state index in [-0.39, 0.29) is 5.97 Å². The van der Waals surface area contributed by atoms with Crippen molar-refractivity contribution in [1.29, 1.82) is 0 Å². The summed E-state index contributed by atoms with van der Waals surface area (Å²) in [7, 11) is 2.02. The van der Waals surface area contributed by atoms with E-state index in [1.165, 1.54) is 0 Å². The van der Waals surface area contributed by atoms with Gasteiger partial charge in [-0.1, -0.05) is 46.3 Å². The minimum absolute atomic E-state index is 0.354. The number of para-hydroxylation sites is 1. The number of rotatable bonds is 3. The molecule has 4 aromatic rings. The van der Waals surface area contributed by atoms with E-state index >= 15 is 0 Å². The highest BCUT2D eigenvalue weighted by Crippen LogP contribution is 2.30. The molecule has 1 aromatic heterocycles. The zero-order valence-electron chi connectivity index (χ0n) is 16.6. The van der Waals surface area contributed by atoms with E-state index < -0.39 is 0 Å². The van der Waals surface area contributed by atoms with Crippen LogP contribution in [0.5, 0.6) is 5.75 Å². The van der Waals surface area contributed by atoms with Crippen LogP contribution in [-0.2, 0) is 7.05 Å². The van der Waals surface area contributed by atoms with Crippen molar-refractivity contribution < 1.29 is 14.1 Å². The highest BCUT2D eigenvalue weighted by molar-refractivity contribution is 9.10. The van der Waals surface area contributed by atoms with Crippen LogP contribution in [0.25, 0.3) is 22.2 Å². The largest absolute Gasteiger partial charge is 0.422 e. The molecule has 0 fully saturated rings. The zero-order chi connectivity index (χ0) is 20.5. The standard InChI is InChI=1S/C25H21BrNO2/c1-16-13-19(26)14-17(2)24(16)29-25(28)21-15-23(18-9-5-4-6-10-18)27(3)22-12-8-7-11-20(21)22/h4-15H,1-3H3/q+1. The first kappa shape index (κ1) is 19.3. The number of fused-ring (bicyclic) bond motifs is 1. The van der Waals surface area contributed by atoms with E-state index in [0.717, 1.165) is 37.8 Å². The molecule has 0 N–H and O–H groups in total. The van der Waals surface area contributed by atoms with Gasteiger partial charge in [-0.25, -0.2) is 4.79 Å².